The van der Waals surface area contributed by atoms with Crippen LogP contribution >= 0.6 is 19.2 Å². The fourth-order valence-corrected chi connectivity index (χ4v) is 6.01. The van der Waals surface area contributed by atoms with Gasteiger partial charge in [-0.15, -0.1) is 0 Å². The molecule has 0 aliphatic carbocycles. The summed E-state index contributed by atoms with van der Waals surface area (Å²) in [5.41, 5.74) is 3.00. The van der Waals surface area contributed by atoms with Gasteiger partial charge in [0.1, 0.15) is 11.3 Å². The van der Waals surface area contributed by atoms with Gasteiger partial charge in [-0.1, -0.05) is 41.9 Å². The highest BCUT2D eigenvalue weighted by molar-refractivity contribution is 7.62. The predicted molar refractivity (Wildman–Crippen MR) is 128 cm³/mol. The van der Waals surface area contributed by atoms with Gasteiger partial charge in [0.2, 0.25) is 0 Å². The normalized spacial score (nSPS) is 11.9. The van der Waals surface area contributed by atoms with E-state index in [0.29, 0.717) is 22.3 Å². The minimum absolute atomic E-state index is 0.188. The Hall–Kier alpha value is -2.43. The van der Waals surface area contributed by atoms with Gasteiger partial charge < -0.3 is 13.6 Å². The minimum Gasteiger partial charge on any atom is -0.306 e. The Labute approximate surface area is 192 Å². The fraction of sp³-hybridized carbons (Fsp3) is 0.200. The molecule has 0 fully saturated rings. The zero-order valence-corrected chi connectivity index (χ0v) is 19.6. The Kier molecular flexibility index (Phi) is 6.82. The standard InChI is InChI=1S/C25H24ClFNO3P/c1-3-30-32(29,31-4-2)25-23-17-20(27)12-15-22(23)24(16-18-8-6-5-7-9-18)28(25)21-13-10-19(26)11-14-21/h5-15,17H,3-4,16H2,1-2H3. The lowest BCUT2D eigenvalue weighted by molar-refractivity contribution is 0.229. The Bertz CT molecular complexity index is 1260. The topological polar surface area (TPSA) is 40.5 Å². The molecule has 0 aliphatic heterocycles. The van der Waals surface area contributed by atoms with Crippen LogP contribution < -0.4 is 5.44 Å². The van der Waals surface area contributed by atoms with Gasteiger partial charge >= 0.3 is 7.60 Å². The van der Waals surface area contributed by atoms with Crippen LogP contribution in [0.1, 0.15) is 25.1 Å². The smallest absolute Gasteiger partial charge is 0.306 e. The predicted octanol–water partition coefficient (Wildman–Crippen LogP) is 6.91. The van der Waals surface area contributed by atoms with Crippen molar-refractivity contribution < 1.29 is 18.0 Å². The lowest BCUT2D eigenvalue weighted by Crippen LogP contribution is -2.21. The quantitative estimate of drug-likeness (QED) is 0.262. The fourth-order valence-electron chi connectivity index (χ4n) is 3.92. The highest BCUT2D eigenvalue weighted by atomic mass is 35.5. The van der Waals surface area contributed by atoms with Crippen molar-refractivity contribution in [2.75, 3.05) is 13.2 Å². The van der Waals surface area contributed by atoms with E-state index in [0.717, 1.165) is 22.3 Å². The number of nitrogens with zero attached hydrogens (tertiary/aromatic N) is 1. The van der Waals surface area contributed by atoms with Gasteiger partial charge in [-0.05, 0) is 61.9 Å². The molecular formula is C25H24ClFNO3P. The molecule has 0 saturated carbocycles. The van der Waals surface area contributed by atoms with Crippen LogP contribution in [0.4, 0.5) is 4.39 Å². The van der Waals surface area contributed by atoms with Crippen molar-refractivity contribution in [3.63, 3.8) is 0 Å². The van der Waals surface area contributed by atoms with Crippen LogP contribution in [-0.4, -0.2) is 17.8 Å². The summed E-state index contributed by atoms with van der Waals surface area (Å²) in [4.78, 5) is 0. The van der Waals surface area contributed by atoms with Crippen molar-refractivity contribution in [1.82, 2.24) is 4.57 Å². The third kappa shape index (κ3) is 4.39. The van der Waals surface area contributed by atoms with Crippen LogP contribution in [0, 0.1) is 5.82 Å². The maximum absolute atomic E-state index is 14.4. The Balaban J connectivity index is 2.10. The van der Waals surface area contributed by atoms with Crippen LogP contribution in [0.25, 0.3) is 16.5 Å². The van der Waals surface area contributed by atoms with Crippen molar-refractivity contribution in [1.29, 1.82) is 0 Å². The van der Waals surface area contributed by atoms with Crippen LogP contribution in [0.15, 0.2) is 72.8 Å². The molecule has 0 radical (unpaired) electrons. The second kappa shape index (κ2) is 9.60. The number of halogens is 2. The van der Waals surface area contributed by atoms with Crippen molar-refractivity contribution >= 4 is 35.4 Å². The van der Waals surface area contributed by atoms with E-state index in [4.69, 9.17) is 20.6 Å². The van der Waals surface area contributed by atoms with Gasteiger partial charge in [0.15, 0.2) is 0 Å². The Morgan fingerprint density at radius 2 is 1.56 bits per heavy atom. The van der Waals surface area contributed by atoms with Gasteiger partial charge in [0.05, 0.1) is 13.2 Å². The van der Waals surface area contributed by atoms with Crippen LogP contribution in [0.5, 0.6) is 0 Å². The summed E-state index contributed by atoms with van der Waals surface area (Å²) in [6.45, 7) is 3.89. The van der Waals surface area contributed by atoms with Gasteiger partial charge in [-0.25, -0.2) is 4.39 Å². The molecule has 4 aromatic rings. The first-order chi connectivity index (χ1) is 15.5. The number of hydrogen-bond donors (Lipinski definition) is 0. The molecule has 4 rings (SSSR count). The molecule has 0 atom stereocenters. The molecule has 0 spiro atoms. The van der Waals surface area contributed by atoms with Gasteiger partial charge in [0, 0.05) is 33.6 Å². The lowest BCUT2D eigenvalue weighted by Gasteiger charge is -2.21. The zero-order valence-electron chi connectivity index (χ0n) is 17.9. The summed E-state index contributed by atoms with van der Waals surface area (Å²) in [5, 5.41) is 1.89. The Morgan fingerprint density at radius 1 is 0.906 bits per heavy atom. The summed E-state index contributed by atoms with van der Waals surface area (Å²) in [7, 11) is -3.77. The van der Waals surface area contributed by atoms with Crippen molar-refractivity contribution in [3.05, 3.63) is 94.9 Å². The average molecular weight is 472 g/mol. The van der Waals surface area contributed by atoms with E-state index in [9.17, 15) is 8.96 Å². The molecule has 1 heterocycles. The summed E-state index contributed by atoms with van der Waals surface area (Å²) in [5.74, 6) is -0.419. The van der Waals surface area contributed by atoms with Crippen LogP contribution in [0.3, 0.4) is 0 Å². The van der Waals surface area contributed by atoms with E-state index in [2.05, 4.69) is 0 Å². The van der Waals surface area contributed by atoms with E-state index < -0.39 is 13.4 Å². The second-order valence-electron chi connectivity index (χ2n) is 7.27. The summed E-state index contributed by atoms with van der Waals surface area (Å²) in [6, 6.07) is 21.7. The van der Waals surface area contributed by atoms with E-state index in [1.165, 1.54) is 12.1 Å². The largest absolute Gasteiger partial charge is 0.378 e. The number of benzene rings is 3. The third-order valence-electron chi connectivity index (χ3n) is 5.17. The highest BCUT2D eigenvalue weighted by Crippen LogP contribution is 2.50. The molecule has 0 N–H and O–H groups in total. The molecule has 1 aromatic heterocycles. The number of fused-ring (bicyclic) bond motifs is 1. The molecule has 0 saturated heterocycles. The maximum Gasteiger partial charge on any atom is 0.378 e. The average Bonchev–Trinajstić information content (AvgIpc) is 3.09. The molecule has 0 unspecified atom stereocenters. The summed E-state index contributed by atoms with van der Waals surface area (Å²) >= 11 is 6.13. The molecule has 0 aliphatic rings. The molecule has 3 aromatic carbocycles. The monoisotopic (exact) mass is 471 g/mol. The Morgan fingerprint density at radius 3 is 2.19 bits per heavy atom. The molecule has 7 heteroatoms. The van der Waals surface area contributed by atoms with Crippen molar-refractivity contribution in [2.24, 2.45) is 0 Å². The molecule has 166 valence electrons. The molecule has 4 nitrogen and oxygen atoms in total. The highest BCUT2D eigenvalue weighted by Gasteiger charge is 2.36. The van der Waals surface area contributed by atoms with E-state index in [1.807, 2.05) is 47.0 Å². The molecule has 32 heavy (non-hydrogen) atoms. The molecule has 0 bridgehead atoms. The van der Waals surface area contributed by atoms with Gasteiger partial charge in [0.25, 0.3) is 0 Å². The SMILES string of the molecule is CCOP(=O)(OCC)c1c2cc(F)ccc2c(Cc2ccccc2)n1-c1ccc(Cl)cc1. The lowest BCUT2D eigenvalue weighted by atomic mass is 10.1. The van der Waals surface area contributed by atoms with Crippen LogP contribution in [0.2, 0.25) is 5.02 Å². The zero-order chi connectivity index (χ0) is 22.7. The number of rotatable bonds is 8. The van der Waals surface area contributed by atoms with Gasteiger partial charge in [-0.3, -0.25) is 4.57 Å². The minimum atomic E-state index is -3.77. The first kappa shape index (κ1) is 22.8. The van der Waals surface area contributed by atoms with E-state index in [1.54, 1.807) is 32.0 Å². The van der Waals surface area contributed by atoms with Gasteiger partial charge in [-0.2, -0.15) is 0 Å². The molecular weight excluding hydrogens is 448 g/mol. The maximum atomic E-state index is 14.4. The van der Waals surface area contributed by atoms with Crippen LogP contribution in [-0.2, 0) is 20.0 Å². The summed E-state index contributed by atoms with van der Waals surface area (Å²) < 4.78 is 41.8. The van der Waals surface area contributed by atoms with E-state index >= 15 is 0 Å². The number of hydrogen-bond acceptors (Lipinski definition) is 3. The van der Waals surface area contributed by atoms with Crippen molar-refractivity contribution in [3.8, 4) is 5.69 Å². The number of aromatic nitrogens is 1. The summed E-state index contributed by atoms with van der Waals surface area (Å²) in [6.07, 6.45) is 0.545. The first-order valence-corrected chi connectivity index (χ1v) is 12.4. The van der Waals surface area contributed by atoms with E-state index in [-0.39, 0.29) is 13.2 Å². The third-order valence-corrected chi connectivity index (χ3v) is 7.58. The second-order valence-corrected chi connectivity index (χ2v) is 9.64. The molecule has 0 amide bonds. The first-order valence-electron chi connectivity index (χ1n) is 10.5. The van der Waals surface area contributed by atoms with Crippen molar-refractivity contribution in [2.45, 2.75) is 20.3 Å².